The van der Waals surface area contributed by atoms with Crippen LogP contribution in [-0.2, 0) is 24.8 Å². The lowest BCUT2D eigenvalue weighted by Crippen LogP contribution is -2.42. The van der Waals surface area contributed by atoms with Gasteiger partial charge >= 0.3 is 0 Å². The molecule has 1 atom stereocenters. The molecule has 128 valence electrons. The van der Waals surface area contributed by atoms with Crippen molar-refractivity contribution < 1.29 is 4.79 Å². The van der Waals surface area contributed by atoms with Crippen LogP contribution >= 0.6 is 0 Å². The second kappa shape index (κ2) is 7.57. The molecular formula is C18H25N5O. The summed E-state index contributed by atoms with van der Waals surface area (Å²) in [5, 5.41) is 7.75. The van der Waals surface area contributed by atoms with E-state index in [0.717, 1.165) is 38.3 Å². The van der Waals surface area contributed by atoms with Gasteiger partial charge in [-0.25, -0.2) is 0 Å². The third kappa shape index (κ3) is 3.82. The lowest BCUT2D eigenvalue weighted by Gasteiger charge is -2.28. The summed E-state index contributed by atoms with van der Waals surface area (Å²) in [6.07, 6.45) is 3.07. The predicted octanol–water partition coefficient (Wildman–Crippen LogP) is 1.48. The molecule has 3 rings (SSSR count). The van der Waals surface area contributed by atoms with Gasteiger partial charge in [0.2, 0.25) is 5.91 Å². The van der Waals surface area contributed by atoms with E-state index in [2.05, 4.69) is 46.4 Å². The summed E-state index contributed by atoms with van der Waals surface area (Å²) < 4.78 is 1.67. The van der Waals surface area contributed by atoms with E-state index in [1.807, 2.05) is 18.0 Å². The topological polar surface area (TPSA) is 54.3 Å². The highest BCUT2D eigenvalue weighted by Crippen LogP contribution is 2.19. The molecule has 0 spiro atoms. The summed E-state index contributed by atoms with van der Waals surface area (Å²) >= 11 is 0. The van der Waals surface area contributed by atoms with E-state index in [-0.39, 0.29) is 5.91 Å². The summed E-state index contributed by atoms with van der Waals surface area (Å²) in [7, 11) is 1.82. The van der Waals surface area contributed by atoms with Gasteiger partial charge in [0.1, 0.15) is 0 Å². The first-order valence-corrected chi connectivity index (χ1v) is 8.56. The third-order valence-electron chi connectivity index (χ3n) is 4.74. The van der Waals surface area contributed by atoms with Crippen LogP contribution in [0.2, 0.25) is 0 Å². The number of likely N-dealkylation sites (tertiary alicyclic amines) is 1. The number of benzene rings is 1. The van der Waals surface area contributed by atoms with Crippen molar-refractivity contribution in [3.8, 4) is 0 Å². The Labute approximate surface area is 143 Å². The molecule has 1 aliphatic rings. The van der Waals surface area contributed by atoms with Gasteiger partial charge in [-0.2, -0.15) is 0 Å². The van der Waals surface area contributed by atoms with E-state index < -0.39 is 0 Å². The highest BCUT2D eigenvalue weighted by Gasteiger charge is 2.30. The fourth-order valence-electron chi connectivity index (χ4n) is 3.42. The molecule has 1 aromatic heterocycles. The first kappa shape index (κ1) is 16.6. The monoisotopic (exact) mass is 327 g/mol. The van der Waals surface area contributed by atoms with Crippen LogP contribution in [0.25, 0.3) is 0 Å². The highest BCUT2D eigenvalue weighted by molar-refractivity contribution is 5.78. The molecule has 1 fully saturated rings. The van der Waals surface area contributed by atoms with E-state index in [0.29, 0.717) is 12.5 Å². The van der Waals surface area contributed by atoms with Gasteiger partial charge in [0.15, 0.2) is 0 Å². The normalized spacial score (nSPS) is 18.0. The zero-order valence-corrected chi connectivity index (χ0v) is 14.4. The molecule has 1 amide bonds. The Balaban J connectivity index is 1.58. The number of carbonyl (C=O) groups is 1. The van der Waals surface area contributed by atoms with Crippen molar-refractivity contribution in [1.29, 1.82) is 0 Å². The maximum absolute atomic E-state index is 12.7. The molecule has 1 unspecified atom stereocenters. The Bertz CT molecular complexity index is 669. The van der Waals surface area contributed by atoms with Gasteiger partial charge in [-0.3, -0.25) is 14.4 Å². The fourth-order valence-corrected chi connectivity index (χ4v) is 3.42. The Morgan fingerprint density at radius 1 is 1.33 bits per heavy atom. The summed E-state index contributed by atoms with van der Waals surface area (Å²) in [5.41, 5.74) is 2.19. The van der Waals surface area contributed by atoms with Crippen LogP contribution in [-0.4, -0.2) is 56.4 Å². The van der Waals surface area contributed by atoms with E-state index in [4.69, 9.17) is 0 Å². The minimum Gasteiger partial charge on any atom is -0.338 e. The number of carbonyl (C=O) groups excluding carboxylic acids is 1. The molecule has 1 aromatic carbocycles. The van der Waals surface area contributed by atoms with Gasteiger partial charge in [-0.1, -0.05) is 35.5 Å². The lowest BCUT2D eigenvalue weighted by atomic mass is 10.2. The number of likely N-dealkylation sites (N-methyl/N-ethyl adjacent to an activating group) is 1. The summed E-state index contributed by atoms with van der Waals surface area (Å²) in [6, 6.07) is 10.8. The molecule has 0 aliphatic carbocycles. The van der Waals surface area contributed by atoms with Gasteiger partial charge in [0, 0.05) is 39.3 Å². The van der Waals surface area contributed by atoms with Crippen LogP contribution in [0.4, 0.5) is 0 Å². The van der Waals surface area contributed by atoms with Gasteiger partial charge in [-0.15, -0.1) is 5.10 Å². The second-order valence-corrected chi connectivity index (χ2v) is 6.37. The van der Waals surface area contributed by atoms with Crippen LogP contribution in [0.5, 0.6) is 0 Å². The van der Waals surface area contributed by atoms with Crippen molar-refractivity contribution in [3.05, 3.63) is 47.8 Å². The second-order valence-electron chi connectivity index (χ2n) is 6.37. The molecule has 1 aliphatic heterocycles. The number of hydrogen-bond acceptors (Lipinski definition) is 4. The van der Waals surface area contributed by atoms with Gasteiger partial charge in [-0.05, 0) is 18.9 Å². The molecular weight excluding hydrogens is 302 g/mol. The number of rotatable bonds is 6. The SMILES string of the molecule is CCN(C(=O)Cc1cnnn1C)C1CCN(Cc2ccccc2)C1. The average Bonchev–Trinajstić information content (AvgIpc) is 3.19. The first-order chi connectivity index (χ1) is 11.7. The molecule has 0 N–H and O–H groups in total. The minimum atomic E-state index is 0.162. The molecule has 1 saturated heterocycles. The summed E-state index contributed by atoms with van der Waals surface area (Å²) in [5.74, 6) is 0.162. The minimum absolute atomic E-state index is 0.162. The zero-order chi connectivity index (χ0) is 16.9. The molecule has 2 aromatic rings. The molecule has 24 heavy (non-hydrogen) atoms. The van der Waals surface area contributed by atoms with Crippen molar-refractivity contribution in [3.63, 3.8) is 0 Å². The fraction of sp³-hybridized carbons (Fsp3) is 0.500. The van der Waals surface area contributed by atoms with Crippen LogP contribution in [0.3, 0.4) is 0 Å². The van der Waals surface area contributed by atoms with Gasteiger partial charge in [0.05, 0.1) is 18.3 Å². The Morgan fingerprint density at radius 2 is 2.12 bits per heavy atom. The number of amides is 1. The van der Waals surface area contributed by atoms with Crippen LogP contribution in [0, 0.1) is 0 Å². The molecule has 0 saturated carbocycles. The number of hydrogen-bond donors (Lipinski definition) is 0. The summed E-state index contributed by atoms with van der Waals surface area (Å²) in [6.45, 7) is 5.73. The molecule has 0 bridgehead atoms. The highest BCUT2D eigenvalue weighted by atomic mass is 16.2. The quantitative estimate of drug-likeness (QED) is 0.806. The molecule has 6 heteroatoms. The van der Waals surface area contributed by atoms with Crippen molar-refractivity contribution in [1.82, 2.24) is 24.8 Å². The smallest absolute Gasteiger partial charge is 0.228 e. The van der Waals surface area contributed by atoms with E-state index in [1.54, 1.807) is 10.9 Å². The molecule has 2 heterocycles. The van der Waals surface area contributed by atoms with Crippen molar-refractivity contribution >= 4 is 5.91 Å². The Kier molecular flexibility index (Phi) is 5.25. The molecule has 0 radical (unpaired) electrons. The van der Waals surface area contributed by atoms with Gasteiger partial charge < -0.3 is 4.90 Å². The zero-order valence-electron chi connectivity index (χ0n) is 14.4. The predicted molar refractivity (Wildman–Crippen MR) is 92.2 cm³/mol. The van der Waals surface area contributed by atoms with Crippen molar-refractivity contribution in [2.75, 3.05) is 19.6 Å². The first-order valence-electron chi connectivity index (χ1n) is 8.56. The van der Waals surface area contributed by atoms with Gasteiger partial charge in [0.25, 0.3) is 0 Å². The maximum atomic E-state index is 12.7. The lowest BCUT2D eigenvalue weighted by molar-refractivity contribution is -0.132. The summed E-state index contributed by atoms with van der Waals surface area (Å²) in [4.78, 5) is 17.1. The van der Waals surface area contributed by atoms with E-state index in [1.165, 1.54) is 5.56 Å². The van der Waals surface area contributed by atoms with E-state index in [9.17, 15) is 4.79 Å². The van der Waals surface area contributed by atoms with Crippen molar-refractivity contribution in [2.45, 2.75) is 32.4 Å². The Hall–Kier alpha value is -2.21. The van der Waals surface area contributed by atoms with E-state index >= 15 is 0 Å². The standard InChI is InChI=1S/C18H25N5O/c1-3-23(18(24)11-17-12-19-20-21(17)2)16-9-10-22(14-16)13-15-7-5-4-6-8-15/h4-8,12,16H,3,9-11,13-14H2,1-2H3. The van der Waals surface area contributed by atoms with Crippen LogP contribution in [0.1, 0.15) is 24.6 Å². The largest absolute Gasteiger partial charge is 0.338 e. The number of aromatic nitrogens is 3. The Morgan fingerprint density at radius 3 is 2.79 bits per heavy atom. The number of aryl methyl sites for hydroxylation is 1. The van der Waals surface area contributed by atoms with Crippen LogP contribution in [0.15, 0.2) is 36.5 Å². The van der Waals surface area contributed by atoms with Crippen molar-refractivity contribution in [2.24, 2.45) is 7.05 Å². The third-order valence-corrected chi connectivity index (χ3v) is 4.74. The molecule has 6 nitrogen and oxygen atoms in total. The average molecular weight is 327 g/mol. The maximum Gasteiger partial charge on any atom is 0.228 e. The number of nitrogens with zero attached hydrogens (tertiary/aromatic N) is 5. The van der Waals surface area contributed by atoms with Crippen LogP contribution < -0.4 is 0 Å².